The molecule has 0 bridgehead atoms. The van der Waals surface area contributed by atoms with Gasteiger partial charge in [0.05, 0.1) is 12.2 Å². The number of carbonyl (C=O) groups excluding carboxylic acids is 1. The molecular weight excluding hydrogens is 316 g/mol. The summed E-state index contributed by atoms with van der Waals surface area (Å²) in [5.74, 6) is -0.490. The van der Waals surface area contributed by atoms with E-state index in [2.05, 4.69) is 6.92 Å². The minimum atomic E-state index is -0.966. The third-order valence-corrected chi connectivity index (χ3v) is 6.35. The van der Waals surface area contributed by atoms with Crippen molar-refractivity contribution in [1.29, 1.82) is 0 Å². The van der Waals surface area contributed by atoms with Crippen LogP contribution in [0.3, 0.4) is 0 Å². The van der Waals surface area contributed by atoms with Gasteiger partial charge in [-0.2, -0.15) is 0 Å². The molecule has 2 N–H and O–H groups in total. The number of ether oxygens (including phenoxy) is 1. The first-order chi connectivity index (χ1) is 11.9. The summed E-state index contributed by atoms with van der Waals surface area (Å²) in [7, 11) is 0. The molecule has 0 heterocycles. The Kier molecular flexibility index (Phi) is 5.03. The molecular formula is C21H28O4. The Bertz CT molecular complexity index is 641. The maximum absolute atomic E-state index is 12.4. The van der Waals surface area contributed by atoms with E-state index in [1.807, 2.05) is 37.3 Å². The number of hydrogen-bond acceptors (Lipinski definition) is 4. The van der Waals surface area contributed by atoms with E-state index in [0.717, 1.165) is 31.2 Å². The van der Waals surface area contributed by atoms with Gasteiger partial charge in [-0.05, 0) is 31.4 Å². The van der Waals surface area contributed by atoms with E-state index in [4.69, 9.17) is 4.74 Å². The van der Waals surface area contributed by atoms with Crippen LogP contribution < -0.4 is 0 Å². The summed E-state index contributed by atoms with van der Waals surface area (Å²) in [5, 5.41) is 21.2. The lowest BCUT2D eigenvalue weighted by Crippen LogP contribution is -2.64. The van der Waals surface area contributed by atoms with E-state index < -0.39 is 23.8 Å². The zero-order chi connectivity index (χ0) is 18.1. The van der Waals surface area contributed by atoms with Crippen LogP contribution in [0.25, 0.3) is 6.08 Å². The number of carbonyl (C=O) groups is 1. The van der Waals surface area contributed by atoms with Crippen LogP contribution in [0.2, 0.25) is 0 Å². The number of esters is 1. The van der Waals surface area contributed by atoms with E-state index in [1.54, 1.807) is 6.08 Å². The van der Waals surface area contributed by atoms with Crippen molar-refractivity contribution in [3.8, 4) is 0 Å². The van der Waals surface area contributed by atoms with Crippen molar-refractivity contribution < 1.29 is 19.7 Å². The highest BCUT2D eigenvalue weighted by molar-refractivity contribution is 5.87. The highest BCUT2D eigenvalue weighted by Crippen LogP contribution is 2.55. The largest absolute Gasteiger partial charge is 0.453 e. The Morgan fingerprint density at radius 2 is 1.88 bits per heavy atom. The number of aliphatic hydroxyl groups excluding tert-OH is 2. The molecule has 0 spiro atoms. The lowest BCUT2D eigenvalue weighted by atomic mass is 9.53. The first kappa shape index (κ1) is 18.2. The molecule has 1 unspecified atom stereocenters. The first-order valence-electron chi connectivity index (χ1n) is 9.18. The molecule has 2 fully saturated rings. The monoisotopic (exact) mass is 344 g/mol. The smallest absolute Gasteiger partial charge is 0.331 e. The zero-order valence-corrected chi connectivity index (χ0v) is 15.0. The predicted molar refractivity (Wildman–Crippen MR) is 96.7 cm³/mol. The molecule has 1 aromatic carbocycles. The topological polar surface area (TPSA) is 66.8 Å². The van der Waals surface area contributed by atoms with Crippen LogP contribution in [-0.2, 0) is 9.53 Å². The Morgan fingerprint density at radius 3 is 2.60 bits per heavy atom. The average Bonchev–Trinajstić information content (AvgIpc) is 2.60. The minimum Gasteiger partial charge on any atom is -0.453 e. The molecule has 4 nitrogen and oxygen atoms in total. The van der Waals surface area contributed by atoms with Gasteiger partial charge in [-0.3, -0.25) is 0 Å². The SMILES string of the molecule is C[C@@]12CCCCC1[C@@](C)(OC(=O)/C=C/c1ccccc1)[C@H](O)C[C@H]2O. The van der Waals surface area contributed by atoms with E-state index in [1.165, 1.54) is 6.08 Å². The van der Waals surface area contributed by atoms with Crippen LogP contribution in [0.5, 0.6) is 0 Å². The molecule has 0 amide bonds. The predicted octanol–water partition coefficient (Wildman–Crippen LogP) is 3.32. The number of hydrogen-bond donors (Lipinski definition) is 2. The average molecular weight is 344 g/mol. The minimum absolute atomic E-state index is 0.0402. The fraction of sp³-hybridized carbons (Fsp3) is 0.571. The Labute approximate surface area is 149 Å². The van der Waals surface area contributed by atoms with Crippen LogP contribution in [0.4, 0.5) is 0 Å². The van der Waals surface area contributed by atoms with Gasteiger partial charge in [-0.1, -0.05) is 50.1 Å². The second-order valence-electron chi connectivity index (χ2n) is 7.92. The molecule has 5 atom stereocenters. The van der Waals surface area contributed by atoms with Gasteiger partial charge in [0, 0.05) is 23.8 Å². The fourth-order valence-electron chi connectivity index (χ4n) is 4.76. The molecule has 2 saturated carbocycles. The highest BCUT2D eigenvalue weighted by Gasteiger charge is 2.59. The summed E-state index contributed by atoms with van der Waals surface area (Å²) in [5.41, 5.74) is -0.353. The lowest BCUT2D eigenvalue weighted by Gasteiger charge is -2.57. The Morgan fingerprint density at radius 1 is 1.16 bits per heavy atom. The second-order valence-corrected chi connectivity index (χ2v) is 7.92. The van der Waals surface area contributed by atoms with Gasteiger partial charge in [0.1, 0.15) is 5.60 Å². The summed E-state index contributed by atoms with van der Waals surface area (Å²) >= 11 is 0. The van der Waals surface area contributed by atoms with Crippen molar-refractivity contribution in [2.75, 3.05) is 0 Å². The molecule has 3 rings (SSSR count). The molecule has 0 aliphatic heterocycles. The van der Waals surface area contributed by atoms with Crippen LogP contribution in [0.15, 0.2) is 36.4 Å². The standard InChI is InChI=1S/C21H28O4/c1-20-13-7-6-10-16(20)21(2,18(23)14-17(20)22)25-19(24)12-11-15-8-4-3-5-9-15/h3-5,8-9,11-12,16-18,22-23H,6-7,10,13-14H2,1-2H3/b12-11+/t16?,17-,18-,20-,21-/m1/s1. The third-order valence-electron chi connectivity index (χ3n) is 6.35. The summed E-state index contributed by atoms with van der Waals surface area (Å²) in [6.45, 7) is 3.89. The van der Waals surface area contributed by atoms with Gasteiger partial charge < -0.3 is 14.9 Å². The summed E-state index contributed by atoms with van der Waals surface area (Å²) in [6.07, 6.45) is 5.83. The first-order valence-corrected chi connectivity index (χ1v) is 9.18. The van der Waals surface area contributed by atoms with Gasteiger partial charge in [-0.15, -0.1) is 0 Å². The van der Waals surface area contributed by atoms with Gasteiger partial charge in [0.2, 0.25) is 0 Å². The van der Waals surface area contributed by atoms with Gasteiger partial charge in [-0.25, -0.2) is 4.79 Å². The number of benzene rings is 1. The molecule has 25 heavy (non-hydrogen) atoms. The van der Waals surface area contributed by atoms with E-state index in [9.17, 15) is 15.0 Å². The van der Waals surface area contributed by atoms with Gasteiger partial charge in [0.15, 0.2) is 0 Å². The van der Waals surface area contributed by atoms with Crippen molar-refractivity contribution >= 4 is 12.0 Å². The van der Waals surface area contributed by atoms with Crippen LogP contribution >= 0.6 is 0 Å². The van der Waals surface area contributed by atoms with Gasteiger partial charge in [0.25, 0.3) is 0 Å². The van der Waals surface area contributed by atoms with Crippen LogP contribution in [0.1, 0.15) is 51.5 Å². The third kappa shape index (κ3) is 3.38. The Balaban J connectivity index is 1.79. The fourth-order valence-corrected chi connectivity index (χ4v) is 4.76. The molecule has 2 aliphatic carbocycles. The second kappa shape index (κ2) is 6.93. The molecule has 4 heteroatoms. The van der Waals surface area contributed by atoms with Crippen molar-refractivity contribution in [1.82, 2.24) is 0 Å². The summed E-state index contributed by atoms with van der Waals surface area (Å²) in [4.78, 5) is 12.4. The van der Waals surface area contributed by atoms with E-state index in [0.29, 0.717) is 0 Å². The van der Waals surface area contributed by atoms with E-state index in [-0.39, 0.29) is 17.8 Å². The maximum Gasteiger partial charge on any atom is 0.331 e. The molecule has 0 saturated heterocycles. The number of aliphatic hydroxyl groups is 2. The molecule has 136 valence electrons. The van der Waals surface area contributed by atoms with Gasteiger partial charge >= 0.3 is 5.97 Å². The van der Waals surface area contributed by atoms with Crippen molar-refractivity contribution in [2.24, 2.45) is 11.3 Å². The quantitative estimate of drug-likeness (QED) is 0.652. The highest BCUT2D eigenvalue weighted by atomic mass is 16.6. The lowest BCUT2D eigenvalue weighted by molar-refractivity contribution is -0.232. The number of fused-ring (bicyclic) bond motifs is 1. The zero-order valence-electron chi connectivity index (χ0n) is 15.0. The molecule has 1 aromatic rings. The summed E-state index contributed by atoms with van der Waals surface area (Å²) < 4.78 is 5.81. The Hall–Kier alpha value is -1.65. The van der Waals surface area contributed by atoms with Crippen LogP contribution in [0, 0.1) is 11.3 Å². The van der Waals surface area contributed by atoms with E-state index >= 15 is 0 Å². The molecule has 2 aliphatic rings. The van der Waals surface area contributed by atoms with Crippen molar-refractivity contribution in [3.63, 3.8) is 0 Å². The normalized spacial score (nSPS) is 38.3. The number of rotatable bonds is 3. The molecule has 0 aromatic heterocycles. The maximum atomic E-state index is 12.4. The van der Waals surface area contributed by atoms with Crippen molar-refractivity contribution in [3.05, 3.63) is 42.0 Å². The van der Waals surface area contributed by atoms with Crippen LogP contribution in [-0.4, -0.2) is 34.0 Å². The summed E-state index contributed by atoms with van der Waals surface area (Å²) in [6, 6.07) is 9.56. The molecule has 0 radical (unpaired) electrons. The van der Waals surface area contributed by atoms with Crippen molar-refractivity contribution in [2.45, 2.75) is 63.8 Å².